The molecule has 1 aromatic carbocycles. The molecule has 1 heterocycles. The molecule has 1 N–H and O–H groups in total. The van der Waals surface area contributed by atoms with Crippen LogP contribution in [0, 0.1) is 21.8 Å². The number of nitro benzene ring substituents is 1. The van der Waals surface area contributed by atoms with Gasteiger partial charge in [-0.2, -0.15) is 0 Å². The van der Waals surface area contributed by atoms with E-state index in [9.17, 15) is 19.3 Å². The van der Waals surface area contributed by atoms with Gasteiger partial charge in [-0.25, -0.2) is 4.39 Å². The number of benzene rings is 1. The molecule has 1 saturated heterocycles. The van der Waals surface area contributed by atoms with Crippen LogP contribution >= 0.6 is 0 Å². The molecule has 1 aliphatic rings. The first-order chi connectivity index (χ1) is 9.97. The minimum atomic E-state index is -0.751. The van der Waals surface area contributed by atoms with E-state index in [1.807, 2.05) is 7.05 Å². The minimum absolute atomic E-state index is 0.284. The molecule has 21 heavy (non-hydrogen) atoms. The summed E-state index contributed by atoms with van der Waals surface area (Å²) in [4.78, 5) is 24.2. The van der Waals surface area contributed by atoms with Crippen LogP contribution in [0.1, 0.15) is 23.2 Å². The highest BCUT2D eigenvalue weighted by Gasteiger charge is 2.20. The second-order valence-corrected chi connectivity index (χ2v) is 5.40. The van der Waals surface area contributed by atoms with E-state index in [1.165, 1.54) is 0 Å². The maximum Gasteiger partial charge on any atom is 0.270 e. The van der Waals surface area contributed by atoms with Gasteiger partial charge in [0, 0.05) is 25.2 Å². The standard InChI is InChI=1S/C14H18FN3O3/c1-17-6-2-3-10(9-17)8-16-14(19)12-7-11(18(20)21)4-5-13(12)15/h4-5,7,10H,2-3,6,8-9H2,1H3,(H,16,19). The first-order valence-corrected chi connectivity index (χ1v) is 6.88. The fourth-order valence-electron chi connectivity index (χ4n) is 2.57. The maximum atomic E-state index is 13.6. The van der Waals surface area contributed by atoms with Crippen LogP contribution in [0.25, 0.3) is 0 Å². The summed E-state index contributed by atoms with van der Waals surface area (Å²) in [5, 5.41) is 13.3. The molecule has 0 saturated carbocycles. The first kappa shape index (κ1) is 15.4. The monoisotopic (exact) mass is 295 g/mol. The molecular weight excluding hydrogens is 277 g/mol. The number of halogens is 1. The van der Waals surface area contributed by atoms with Crippen molar-refractivity contribution in [3.05, 3.63) is 39.7 Å². The average molecular weight is 295 g/mol. The van der Waals surface area contributed by atoms with Crippen LogP contribution < -0.4 is 5.32 Å². The number of non-ortho nitro benzene ring substituents is 1. The second-order valence-electron chi connectivity index (χ2n) is 5.40. The number of likely N-dealkylation sites (tertiary alicyclic amines) is 1. The van der Waals surface area contributed by atoms with Crippen molar-refractivity contribution in [2.45, 2.75) is 12.8 Å². The van der Waals surface area contributed by atoms with E-state index in [-0.39, 0.29) is 11.3 Å². The Morgan fingerprint density at radius 1 is 1.57 bits per heavy atom. The molecule has 1 atom stereocenters. The van der Waals surface area contributed by atoms with E-state index in [4.69, 9.17) is 0 Å². The van der Waals surface area contributed by atoms with Crippen molar-refractivity contribution < 1.29 is 14.1 Å². The summed E-state index contributed by atoms with van der Waals surface area (Å²) in [6, 6.07) is 2.96. The van der Waals surface area contributed by atoms with Gasteiger partial charge in [-0.05, 0) is 38.4 Å². The number of hydrogen-bond donors (Lipinski definition) is 1. The van der Waals surface area contributed by atoms with Crippen molar-refractivity contribution in [2.24, 2.45) is 5.92 Å². The molecule has 0 radical (unpaired) electrons. The van der Waals surface area contributed by atoms with Gasteiger partial charge in [-0.1, -0.05) is 0 Å². The largest absolute Gasteiger partial charge is 0.352 e. The number of nitrogens with one attached hydrogen (secondary N) is 1. The molecule has 1 aromatic rings. The number of rotatable bonds is 4. The molecule has 6 nitrogen and oxygen atoms in total. The summed E-state index contributed by atoms with van der Waals surface area (Å²) in [6.45, 7) is 2.38. The summed E-state index contributed by atoms with van der Waals surface area (Å²) < 4.78 is 13.6. The van der Waals surface area contributed by atoms with E-state index in [0.29, 0.717) is 12.5 Å². The average Bonchev–Trinajstić information content (AvgIpc) is 2.45. The molecule has 1 aliphatic heterocycles. The molecule has 7 heteroatoms. The van der Waals surface area contributed by atoms with Gasteiger partial charge < -0.3 is 10.2 Å². The smallest absolute Gasteiger partial charge is 0.270 e. The zero-order valence-corrected chi connectivity index (χ0v) is 11.8. The summed E-state index contributed by atoms with van der Waals surface area (Å²) >= 11 is 0. The summed E-state index contributed by atoms with van der Waals surface area (Å²) in [6.07, 6.45) is 2.09. The molecule has 114 valence electrons. The van der Waals surface area contributed by atoms with Gasteiger partial charge >= 0.3 is 0 Å². The highest BCUT2D eigenvalue weighted by atomic mass is 19.1. The van der Waals surface area contributed by atoms with Gasteiger partial charge in [-0.15, -0.1) is 0 Å². The number of piperidine rings is 1. The normalized spacial score (nSPS) is 19.2. The molecule has 1 unspecified atom stereocenters. The molecule has 2 rings (SSSR count). The Bertz CT molecular complexity index is 550. The Morgan fingerprint density at radius 3 is 3.00 bits per heavy atom. The predicted octanol–water partition coefficient (Wildman–Crippen LogP) is 1.81. The van der Waals surface area contributed by atoms with E-state index in [2.05, 4.69) is 10.2 Å². The Kier molecular flexibility index (Phi) is 4.85. The minimum Gasteiger partial charge on any atom is -0.352 e. The van der Waals surface area contributed by atoms with Crippen molar-refractivity contribution in [1.29, 1.82) is 0 Å². The topological polar surface area (TPSA) is 75.5 Å². The van der Waals surface area contributed by atoms with Crippen molar-refractivity contribution in [3.8, 4) is 0 Å². The van der Waals surface area contributed by atoms with Crippen molar-refractivity contribution in [2.75, 3.05) is 26.7 Å². The zero-order valence-electron chi connectivity index (χ0n) is 11.8. The number of hydrogen-bond acceptors (Lipinski definition) is 4. The van der Waals surface area contributed by atoms with Gasteiger partial charge in [0.1, 0.15) is 5.82 Å². The highest BCUT2D eigenvalue weighted by molar-refractivity contribution is 5.95. The van der Waals surface area contributed by atoms with Gasteiger partial charge in [0.15, 0.2) is 0 Å². The lowest BCUT2D eigenvalue weighted by molar-refractivity contribution is -0.384. The maximum absolute atomic E-state index is 13.6. The highest BCUT2D eigenvalue weighted by Crippen LogP contribution is 2.18. The van der Waals surface area contributed by atoms with E-state index >= 15 is 0 Å². The molecule has 0 spiro atoms. The second kappa shape index (κ2) is 6.62. The fraction of sp³-hybridized carbons (Fsp3) is 0.500. The molecule has 1 amide bonds. The lowest BCUT2D eigenvalue weighted by atomic mass is 9.98. The number of amides is 1. The van der Waals surface area contributed by atoms with Crippen LogP contribution in [0.15, 0.2) is 18.2 Å². The molecule has 1 fully saturated rings. The van der Waals surface area contributed by atoms with Gasteiger partial charge in [0.05, 0.1) is 10.5 Å². The number of nitrogens with zero attached hydrogens (tertiary/aromatic N) is 2. The quantitative estimate of drug-likeness (QED) is 0.679. The lowest BCUT2D eigenvalue weighted by Crippen LogP contribution is -2.39. The number of nitro groups is 1. The van der Waals surface area contributed by atoms with Crippen molar-refractivity contribution >= 4 is 11.6 Å². The molecular formula is C14H18FN3O3. The van der Waals surface area contributed by atoms with E-state index < -0.39 is 16.6 Å². The van der Waals surface area contributed by atoms with Crippen molar-refractivity contribution in [3.63, 3.8) is 0 Å². The Morgan fingerprint density at radius 2 is 2.33 bits per heavy atom. The predicted molar refractivity (Wildman–Crippen MR) is 75.6 cm³/mol. The fourth-order valence-corrected chi connectivity index (χ4v) is 2.57. The summed E-state index contributed by atoms with van der Waals surface area (Å²) in [5.74, 6) is -1.03. The molecule has 0 aliphatic carbocycles. The number of carbonyl (C=O) groups excluding carboxylic acids is 1. The summed E-state index contributed by atoms with van der Waals surface area (Å²) in [5.41, 5.74) is -0.577. The SMILES string of the molecule is CN1CCCC(CNC(=O)c2cc([N+](=O)[O-])ccc2F)C1. The van der Waals surface area contributed by atoms with Crippen LogP contribution in [0.2, 0.25) is 0 Å². The third-order valence-electron chi connectivity index (χ3n) is 3.68. The van der Waals surface area contributed by atoms with Crippen LogP contribution in [-0.4, -0.2) is 42.4 Å². The third kappa shape index (κ3) is 3.98. The van der Waals surface area contributed by atoms with E-state index in [1.54, 1.807) is 0 Å². The summed E-state index contributed by atoms with van der Waals surface area (Å²) in [7, 11) is 2.02. The first-order valence-electron chi connectivity index (χ1n) is 6.88. The van der Waals surface area contributed by atoms with E-state index in [0.717, 1.165) is 44.1 Å². The van der Waals surface area contributed by atoms with Crippen LogP contribution in [0.5, 0.6) is 0 Å². The van der Waals surface area contributed by atoms with Gasteiger partial charge in [0.25, 0.3) is 11.6 Å². The third-order valence-corrected chi connectivity index (χ3v) is 3.68. The van der Waals surface area contributed by atoms with Crippen LogP contribution in [-0.2, 0) is 0 Å². The zero-order chi connectivity index (χ0) is 15.4. The van der Waals surface area contributed by atoms with Crippen LogP contribution in [0.3, 0.4) is 0 Å². The van der Waals surface area contributed by atoms with Gasteiger partial charge in [0.2, 0.25) is 0 Å². The molecule has 0 aromatic heterocycles. The van der Waals surface area contributed by atoms with Crippen molar-refractivity contribution in [1.82, 2.24) is 10.2 Å². The van der Waals surface area contributed by atoms with Crippen LogP contribution in [0.4, 0.5) is 10.1 Å². The lowest BCUT2D eigenvalue weighted by Gasteiger charge is -2.29. The Labute approximate surface area is 122 Å². The number of carbonyl (C=O) groups is 1. The molecule has 0 bridgehead atoms. The van der Waals surface area contributed by atoms with Gasteiger partial charge in [-0.3, -0.25) is 14.9 Å². The Hall–Kier alpha value is -2.02. The Balaban J connectivity index is 1.99.